The summed E-state index contributed by atoms with van der Waals surface area (Å²) in [7, 11) is 0. The number of nitrogens with zero attached hydrogens (tertiary/aromatic N) is 2. The molecule has 2 amide bonds. The number of hydrogen-bond acceptors (Lipinski definition) is 7. The molecule has 3 aliphatic rings. The number of amides is 2. The molecule has 0 spiro atoms. The van der Waals surface area contributed by atoms with Crippen LogP contribution in [0.15, 0.2) is 16.9 Å². The van der Waals surface area contributed by atoms with Crippen molar-refractivity contribution in [3.8, 4) is 11.4 Å². The highest BCUT2D eigenvalue weighted by Crippen LogP contribution is 2.45. The predicted octanol–water partition coefficient (Wildman–Crippen LogP) is 4.41. The Morgan fingerprint density at radius 3 is 2.75 bits per heavy atom. The van der Waals surface area contributed by atoms with Gasteiger partial charge in [0.25, 0.3) is 5.56 Å². The highest BCUT2D eigenvalue weighted by Gasteiger charge is 2.40. The summed E-state index contributed by atoms with van der Waals surface area (Å²) >= 11 is 0. The van der Waals surface area contributed by atoms with Crippen LogP contribution in [0.3, 0.4) is 0 Å². The number of pyridine rings is 2. The molecule has 0 saturated heterocycles. The first-order valence-corrected chi connectivity index (χ1v) is 15.3. The van der Waals surface area contributed by atoms with Crippen LogP contribution in [0, 0.1) is 12.7 Å². The number of alkyl carbamates (subject to hydrolysis) is 1. The number of nitrogens with one attached hydrogen (secondary N) is 2. The van der Waals surface area contributed by atoms with Crippen molar-refractivity contribution >= 4 is 22.9 Å². The number of ether oxygens (including phenoxy) is 2. The molecule has 10 nitrogen and oxygen atoms in total. The molecule has 4 heterocycles. The second kappa shape index (κ2) is 11.0. The van der Waals surface area contributed by atoms with E-state index in [1.165, 1.54) is 6.07 Å². The molecule has 2 atom stereocenters. The standard InChI is InChI=1S/C33H39FN4O6/c1-6-33(42)16-43-15-20-21(33)12-25-29-19(14-38(25)30(20)40)28-23(10-9-18-17(2)22(34)13-24(37-29)27(18)28)36-26(39)8-7-11-35-31(41)44-32(3,4)5/h12-13,23,42H,6-11,14-16H2,1-5H3,(H,35,41)(H,36,39)/t23-,33+/m0/s1. The van der Waals surface area contributed by atoms with Gasteiger partial charge in [0, 0.05) is 35.5 Å². The molecule has 1 aromatic carbocycles. The Morgan fingerprint density at radius 1 is 1.25 bits per heavy atom. The van der Waals surface area contributed by atoms with E-state index in [0.717, 1.165) is 22.1 Å². The van der Waals surface area contributed by atoms with E-state index in [1.807, 2.05) is 13.0 Å². The quantitative estimate of drug-likeness (QED) is 0.277. The molecular formula is C33H39FN4O6. The minimum absolute atomic E-state index is 0.0951. The molecule has 3 aromatic rings. The maximum absolute atomic E-state index is 15.1. The van der Waals surface area contributed by atoms with Crippen LogP contribution in [-0.2, 0) is 39.4 Å². The number of hydrogen-bond donors (Lipinski definition) is 3. The molecule has 234 valence electrons. The highest BCUT2D eigenvalue weighted by atomic mass is 19.1. The van der Waals surface area contributed by atoms with Crippen molar-refractivity contribution in [1.82, 2.24) is 20.2 Å². The average Bonchev–Trinajstić information content (AvgIpc) is 3.33. The smallest absolute Gasteiger partial charge is 0.407 e. The molecule has 0 radical (unpaired) electrons. The molecule has 2 aromatic heterocycles. The van der Waals surface area contributed by atoms with Crippen molar-refractivity contribution in [2.45, 2.75) is 97.1 Å². The Balaban J connectivity index is 1.35. The number of carbonyl (C=O) groups excluding carboxylic acids is 2. The van der Waals surface area contributed by atoms with Crippen molar-refractivity contribution in [1.29, 1.82) is 0 Å². The van der Waals surface area contributed by atoms with E-state index in [-0.39, 0.29) is 49.5 Å². The fourth-order valence-corrected chi connectivity index (χ4v) is 6.76. The molecular weight excluding hydrogens is 567 g/mol. The third-order valence-electron chi connectivity index (χ3n) is 8.99. The second-order valence-electron chi connectivity index (χ2n) is 13.1. The zero-order valence-electron chi connectivity index (χ0n) is 25.9. The van der Waals surface area contributed by atoms with Crippen molar-refractivity contribution in [3.63, 3.8) is 0 Å². The van der Waals surface area contributed by atoms with Gasteiger partial charge in [0.15, 0.2) is 0 Å². The van der Waals surface area contributed by atoms with Crippen molar-refractivity contribution in [3.05, 3.63) is 61.7 Å². The lowest BCUT2D eigenvalue weighted by atomic mass is 9.81. The zero-order chi connectivity index (χ0) is 31.6. The van der Waals surface area contributed by atoms with Crippen LogP contribution >= 0.6 is 0 Å². The van der Waals surface area contributed by atoms with Crippen molar-refractivity contribution < 1.29 is 28.6 Å². The summed E-state index contributed by atoms with van der Waals surface area (Å²) in [5, 5.41) is 18.0. The maximum atomic E-state index is 15.1. The van der Waals surface area contributed by atoms with Crippen LogP contribution in [0.25, 0.3) is 22.3 Å². The zero-order valence-corrected chi connectivity index (χ0v) is 25.9. The summed E-state index contributed by atoms with van der Waals surface area (Å²) in [6.45, 7) is 9.72. The number of aryl methyl sites for hydroxylation is 1. The lowest BCUT2D eigenvalue weighted by Crippen LogP contribution is -2.40. The normalized spacial score (nSPS) is 20.1. The lowest BCUT2D eigenvalue weighted by Gasteiger charge is -2.33. The molecule has 0 unspecified atom stereocenters. The van der Waals surface area contributed by atoms with E-state index < -0.39 is 17.3 Å². The first-order chi connectivity index (χ1) is 20.8. The molecule has 6 rings (SSSR count). The largest absolute Gasteiger partial charge is 0.444 e. The first kappa shape index (κ1) is 30.2. The Labute approximate surface area is 255 Å². The number of halogens is 1. The van der Waals surface area contributed by atoms with E-state index in [0.29, 0.717) is 65.8 Å². The molecule has 0 saturated carbocycles. The van der Waals surface area contributed by atoms with E-state index in [9.17, 15) is 19.5 Å². The van der Waals surface area contributed by atoms with Gasteiger partial charge in [-0.3, -0.25) is 9.59 Å². The van der Waals surface area contributed by atoms with Gasteiger partial charge >= 0.3 is 6.09 Å². The summed E-state index contributed by atoms with van der Waals surface area (Å²) in [5.74, 6) is -0.514. The van der Waals surface area contributed by atoms with Gasteiger partial charge in [-0.1, -0.05) is 6.92 Å². The van der Waals surface area contributed by atoms with Crippen LogP contribution < -0.4 is 16.2 Å². The van der Waals surface area contributed by atoms with Gasteiger partial charge < -0.3 is 29.8 Å². The van der Waals surface area contributed by atoms with E-state index in [4.69, 9.17) is 14.5 Å². The SMILES string of the molecule is CC[C@@]1(O)COCc2c1cc1n(c2=O)Cc2c-1nc1cc(F)c(C)c3c1c2[C@@H](NC(=O)CCCNC(=O)OC(C)(C)C)CC3. The molecule has 0 fully saturated rings. The minimum Gasteiger partial charge on any atom is -0.444 e. The number of aliphatic hydroxyl groups is 1. The summed E-state index contributed by atoms with van der Waals surface area (Å²) in [6.07, 6.45) is 1.61. The van der Waals surface area contributed by atoms with Crippen molar-refractivity contribution in [2.75, 3.05) is 13.2 Å². The highest BCUT2D eigenvalue weighted by molar-refractivity contribution is 5.93. The summed E-state index contributed by atoms with van der Waals surface area (Å²) < 4.78 is 27.6. The molecule has 44 heavy (non-hydrogen) atoms. The van der Waals surface area contributed by atoms with Gasteiger partial charge in [-0.2, -0.15) is 0 Å². The molecule has 0 bridgehead atoms. The summed E-state index contributed by atoms with van der Waals surface area (Å²) in [4.78, 5) is 43.8. The number of rotatable bonds is 6. The monoisotopic (exact) mass is 606 g/mol. The molecule has 2 aliphatic heterocycles. The van der Waals surface area contributed by atoms with Gasteiger partial charge in [0.2, 0.25) is 5.91 Å². The minimum atomic E-state index is -1.29. The van der Waals surface area contributed by atoms with E-state index in [2.05, 4.69) is 10.6 Å². The third kappa shape index (κ3) is 5.15. The Bertz CT molecular complexity index is 1760. The van der Waals surface area contributed by atoms with Crippen LogP contribution in [0.5, 0.6) is 0 Å². The van der Waals surface area contributed by atoms with Crippen molar-refractivity contribution in [2.24, 2.45) is 0 Å². The van der Waals surface area contributed by atoms with Gasteiger partial charge in [0.05, 0.1) is 42.7 Å². The van der Waals surface area contributed by atoms with Gasteiger partial charge in [-0.15, -0.1) is 0 Å². The van der Waals surface area contributed by atoms with Gasteiger partial charge in [0.1, 0.15) is 17.0 Å². The number of aromatic nitrogens is 2. The molecule has 3 N–H and O–H groups in total. The van der Waals surface area contributed by atoms with E-state index >= 15 is 4.39 Å². The van der Waals surface area contributed by atoms with Gasteiger partial charge in [-0.25, -0.2) is 14.2 Å². The van der Waals surface area contributed by atoms with Crippen LogP contribution in [-0.4, -0.2) is 45.4 Å². The topological polar surface area (TPSA) is 132 Å². The number of benzene rings is 1. The predicted molar refractivity (Wildman–Crippen MR) is 162 cm³/mol. The van der Waals surface area contributed by atoms with Gasteiger partial charge in [-0.05, 0) is 81.7 Å². The Hall–Kier alpha value is -3.83. The van der Waals surface area contributed by atoms with E-state index in [1.54, 1.807) is 32.3 Å². The van der Waals surface area contributed by atoms with Crippen LogP contribution in [0.1, 0.15) is 92.8 Å². The average molecular weight is 607 g/mol. The number of fused-ring (bicyclic) bond motifs is 5. The Kier molecular flexibility index (Phi) is 7.52. The molecule has 11 heteroatoms. The fraction of sp³-hybridized carbons (Fsp3) is 0.515. The Morgan fingerprint density at radius 2 is 2.02 bits per heavy atom. The summed E-state index contributed by atoms with van der Waals surface area (Å²) in [5.41, 5.74) is 3.57. The first-order valence-electron chi connectivity index (χ1n) is 15.3. The maximum Gasteiger partial charge on any atom is 0.407 e. The fourth-order valence-electron chi connectivity index (χ4n) is 6.76. The summed E-state index contributed by atoms with van der Waals surface area (Å²) in [6, 6.07) is 2.90. The lowest BCUT2D eigenvalue weighted by molar-refractivity contribution is -0.122. The second-order valence-corrected chi connectivity index (χ2v) is 13.1. The van der Waals surface area contributed by atoms with Crippen LogP contribution in [0.4, 0.5) is 9.18 Å². The third-order valence-corrected chi connectivity index (χ3v) is 8.99. The number of carbonyl (C=O) groups is 2. The van der Waals surface area contributed by atoms with Crippen LogP contribution in [0.2, 0.25) is 0 Å². The molecule has 1 aliphatic carbocycles.